The lowest BCUT2D eigenvalue weighted by molar-refractivity contribution is 0.0966. The number of aromatic nitrogens is 2. The Kier molecular flexibility index (Phi) is 4.46. The molecule has 2 aromatic rings. The maximum atomic E-state index is 12.2. The number of benzene rings is 1. The van der Waals surface area contributed by atoms with E-state index < -0.39 is 6.10 Å². The van der Waals surface area contributed by atoms with E-state index in [1.165, 1.54) is 0 Å². The molecule has 0 radical (unpaired) electrons. The van der Waals surface area contributed by atoms with Crippen molar-refractivity contribution in [2.75, 3.05) is 10.6 Å². The second-order valence-corrected chi connectivity index (χ2v) is 7.00. The molecule has 2 atom stereocenters. The second-order valence-electron chi connectivity index (χ2n) is 7.00. The van der Waals surface area contributed by atoms with E-state index in [1.54, 1.807) is 0 Å². The maximum absolute atomic E-state index is 12.2. The number of aliphatic hydroxyl groups excluding tert-OH is 1. The van der Waals surface area contributed by atoms with Gasteiger partial charge in [0.1, 0.15) is 11.4 Å². The molecule has 1 fully saturated rings. The largest absolute Gasteiger partial charge is 0.391 e. The van der Waals surface area contributed by atoms with Crippen molar-refractivity contribution < 1.29 is 9.90 Å². The number of aliphatic hydroxyl groups is 1. The molecule has 0 spiro atoms. The van der Waals surface area contributed by atoms with Gasteiger partial charge in [-0.05, 0) is 37.5 Å². The Bertz CT molecular complexity index is 839. The summed E-state index contributed by atoms with van der Waals surface area (Å²) >= 11 is 0. The van der Waals surface area contributed by atoms with Gasteiger partial charge >= 0.3 is 0 Å². The summed E-state index contributed by atoms with van der Waals surface area (Å²) in [5.41, 5.74) is 3.15. The van der Waals surface area contributed by atoms with Gasteiger partial charge in [-0.1, -0.05) is 25.0 Å². The molecule has 1 aromatic heterocycles. The Morgan fingerprint density at radius 1 is 1.23 bits per heavy atom. The highest BCUT2D eigenvalue weighted by atomic mass is 16.3. The summed E-state index contributed by atoms with van der Waals surface area (Å²) in [5.74, 6) is 0.768. The average Bonchev–Trinajstić information content (AvgIpc) is 2.98. The molecule has 7 nitrogen and oxygen atoms in total. The minimum atomic E-state index is -0.395. The van der Waals surface area contributed by atoms with E-state index in [4.69, 9.17) is 0 Å². The Hall–Kier alpha value is -2.67. The van der Waals surface area contributed by atoms with Crippen molar-refractivity contribution in [2.24, 2.45) is 0 Å². The normalized spacial score (nSPS) is 21.8. The van der Waals surface area contributed by atoms with Gasteiger partial charge in [0.2, 0.25) is 5.95 Å². The number of aryl methyl sites for hydroxylation is 1. The summed E-state index contributed by atoms with van der Waals surface area (Å²) in [6, 6.07) is 7.85. The van der Waals surface area contributed by atoms with E-state index in [-0.39, 0.29) is 11.9 Å². The first-order chi connectivity index (χ1) is 12.6. The number of hydrogen-bond donors (Lipinski definition) is 4. The lowest BCUT2D eigenvalue weighted by atomic mass is 9.93. The summed E-state index contributed by atoms with van der Waals surface area (Å²) in [4.78, 5) is 21.2. The monoisotopic (exact) mass is 353 g/mol. The first kappa shape index (κ1) is 16.8. The van der Waals surface area contributed by atoms with Crippen molar-refractivity contribution in [1.29, 1.82) is 0 Å². The van der Waals surface area contributed by atoms with E-state index in [0.29, 0.717) is 29.6 Å². The van der Waals surface area contributed by atoms with Gasteiger partial charge in [0.25, 0.3) is 5.91 Å². The Morgan fingerprint density at radius 2 is 2.08 bits per heavy atom. The van der Waals surface area contributed by atoms with Gasteiger partial charge in [-0.2, -0.15) is 4.98 Å². The predicted molar refractivity (Wildman–Crippen MR) is 99.5 cm³/mol. The van der Waals surface area contributed by atoms with Crippen LogP contribution in [0.3, 0.4) is 0 Å². The van der Waals surface area contributed by atoms with Gasteiger partial charge in [-0.3, -0.25) is 4.79 Å². The van der Waals surface area contributed by atoms with Crippen LogP contribution in [0.25, 0.3) is 0 Å². The van der Waals surface area contributed by atoms with Crippen molar-refractivity contribution in [3.63, 3.8) is 0 Å². The van der Waals surface area contributed by atoms with Gasteiger partial charge in [-0.25, -0.2) is 4.98 Å². The molecule has 0 saturated heterocycles. The van der Waals surface area contributed by atoms with Crippen molar-refractivity contribution >= 4 is 23.4 Å². The van der Waals surface area contributed by atoms with Crippen LogP contribution in [0.1, 0.15) is 47.3 Å². The molecule has 0 bridgehead atoms. The highest BCUT2D eigenvalue weighted by Gasteiger charge is 2.29. The zero-order chi connectivity index (χ0) is 18.1. The SMILES string of the molecule is Cc1cccc(Nc2nc(NC3CCCC[C@@H]3O)nc3c2C(=O)NC3)c1. The standard InChI is InChI=1S/C19H23N5O2/c1-11-5-4-6-12(9-11)21-17-16-14(10-20-18(16)26)23-19(24-17)22-13-7-2-3-8-15(13)25/h4-6,9,13,15,25H,2-3,7-8,10H2,1H3,(H,20,26)(H2,21,22,23,24)/t13?,15-/m0/s1. The van der Waals surface area contributed by atoms with Crippen molar-refractivity contribution in [1.82, 2.24) is 15.3 Å². The van der Waals surface area contributed by atoms with Crippen molar-refractivity contribution in [3.8, 4) is 0 Å². The molecule has 7 heteroatoms. The second kappa shape index (κ2) is 6.92. The first-order valence-corrected chi connectivity index (χ1v) is 9.07. The van der Waals surface area contributed by atoms with Gasteiger partial charge in [-0.15, -0.1) is 0 Å². The van der Waals surface area contributed by atoms with Gasteiger partial charge in [0.15, 0.2) is 0 Å². The van der Waals surface area contributed by atoms with E-state index in [2.05, 4.69) is 25.9 Å². The maximum Gasteiger partial charge on any atom is 0.257 e. The van der Waals surface area contributed by atoms with Crippen LogP contribution in [0.4, 0.5) is 17.5 Å². The molecule has 4 rings (SSSR count). The molecule has 26 heavy (non-hydrogen) atoms. The molecule has 1 amide bonds. The summed E-state index contributed by atoms with van der Waals surface area (Å²) in [5, 5.41) is 19.5. The third-order valence-electron chi connectivity index (χ3n) is 4.95. The van der Waals surface area contributed by atoms with Crippen LogP contribution in [0.2, 0.25) is 0 Å². The number of fused-ring (bicyclic) bond motifs is 1. The van der Waals surface area contributed by atoms with Crippen LogP contribution in [0.15, 0.2) is 24.3 Å². The van der Waals surface area contributed by atoms with Gasteiger partial charge in [0, 0.05) is 5.69 Å². The molecule has 4 N–H and O–H groups in total. The minimum Gasteiger partial charge on any atom is -0.391 e. The summed E-state index contributed by atoms with van der Waals surface area (Å²) in [6.45, 7) is 2.40. The highest BCUT2D eigenvalue weighted by Crippen LogP contribution is 2.28. The zero-order valence-corrected chi connectivity index (χ0v) is 14.7. The topological polar surface area (TPSA) is 99.2 Å². The molecule has 2 aliphatic rings. The molecule has 1 aromatic carbocycles. The molecule has 1 unspecified atom stereocenters. The first-order valence-electron chi connectivity index (χ1n) is 9.07. The molecular formula is C19H23N5O2. The summed E-state index contributed by atoms with van der Waals surface area (Å²) in [7, 11) is 0. The number of rotatable bonds is 4. The lowest BCUT2D eigenvalue weighted by Gasteiger charge is -2.28. The fourth-order valence-electron chi connectivity index (χ4n) is 3.59. The van der Waals surface area contributed by atoms with Crippen molar-refractivity contribution in [3.05, 3.63) is 41.1 Å². The van der Waals surface area contributed by atoms with Crippen LogP contribution in [0.5, 0.6) is 0 Å². The lowest BCUT2D eigenvalue weighted by Crippen LogP contribution is -2.37. The average molecular weight is 353 g/mol. The molecule has 1 aliphatic heterocycles. The number of carbonyl (C=O) groups excluding carboxylic acids is 1. The molecule has 1 aliphatic carbocycles. The third kappa shape index (κ3) is 3.35. The fourth-order valence-corrected chi connectivity index (χ4v) is 3.59. The van der Waals surface area contributed by atoms with E-state index in [1.807, 2.05) is 31.2 Å². The number of hydrogen-bond acceptors (Lipinski definition) is 6. The quantitative estimate of drug-likeness (QED) is 0.674. The number of anilines is 3. The summed E-state index contributed by atoms with van der Waals surface area (Å²) < 4.78 is 0. The Labute approximate surface area is 152 Å². The number of nitrogens with zero attached hydrogens (tertiary/aromatic N) is 2. The van der Waals surface area contributed by atoms with Crippen LogP contribution >= 0.6 is 0 Å². The van der Waals surface area contributed by atoms with Crippen LogP contribution < -0.4 is 16.0 Å². The smallest absolute Gasteiger partial charge is 0.257 e. The van der Waals surface area contributed by atoms with E-state index >= 15 is 0 Å². The predicted octanol–water partition coefficient (Wildman–Crippen LogP) is 2.49. The van der Waals surface area contributed by atoms with Gasteiger partial charge < -0.3 is 21.1 Å². The van der Waals surface area contributed by atoms with Crippen LogP contribution in [0, 0.1) is 6.92 Å². The van der Waals surface area contributed by atoms with Crippen LogP contribution in [-0.2, 0) is 6.54 Å². The Morgan fingerprint density at radius 3 is 2.88 bits per heavy atom. The number of nitrogens with one attached hydrogen (secondary N) is 3. The van der Waals surface area contributed by atoms with Crippen LogP contribution in [-0.4, -0.2) is 33.1 Å². The molecular weight excluding hydrogens is 330 g/mol. The van der Waals surface area contributed by atoms with Gasteiger partial charge in [0.05, 0.1) is 24.4 Å². The Balaban J connectivity index is 1.65. The van der Waals surface area contributed by atoms with E-state index in [0.717, 1.165) is 36.9 Å². The molecule has 1 saturated carbocycles. The third-order valence-corrected chi connectivity index (χ3v) is 4.95. The number of carbonyl (C=O) groups is 1. The highest BCUT2D eigenvalue weighted by molar-refractivity contribution is 6.02. The number of amides is 1. The van der Waals surface area contributed by atoms with Crippen molar-refractivity contribution in [2.45, 2.75) is 51.3 Å². The fraction of sp³-hybridized carbons (Fsp3) is 0.421. The molecule has 136 valence electrons. The summed E-state index contributed by atoms with van der Waals surface area (Å²) in [6.07, 6.45) is 3.40. The van der Waals surface area contributed by atoms with E-state index in [9.17, 15) is 9.90 Å². The molecule has 2 heterocycles. The zero-order valence-electron chi connectivity index (χ0n) is 14.7. The minimum absolute atomic E-state index is 0.0568.